The SMILES string of the molecule is C=C.CCCOCN1CCOCOCCN(C)COCOC1. The number of hydrogen-bond donors (Lipinski definition) is 0. The van der Waals surface area contributed by atoms with Crippen molar-refractivity contribution in [3.05, 3.63) is 13.2 Å². The van der Waals surface area contributed by atoms with Crippen LogP contribution in [-0.4, -0.2) is 83.5 Å². The van der Waals surface area contributed by atoms with Crippen LogP contribution in [0.5, 0.6) is 0 Å². The lowest BCUT2D eigenvalue weighted by atomic mass is 10.5. The summed E-state index contributed by atoms with van der Waals surface area (Å²) < 4.78 is 27.2. The van der Waals surface area contributed by atoms with E-state index in [4.69, 9.17) is 23.7 Å². The van der Waals surface area contributed by atoms with E-state index >= 15 is 0 Å². The molecule has 0 saturated carbocycles. The van der Waals surface area contributed by atoms with Gasteiger partial charge in [-0.25, -0.2) is 0 Å². The molecule has 0 radical (unpaired) electrons. The van der Waals surface area contributed by atoms with Gasteiger partial charge in [0.2, 0.25) is 0 Å². The molecule has 0 aliphatic carbocycles. The molecule has 1 rings (SSSR count). The van der Waals surface area contributed by atoms with Crippen molar-refractivity contribution in [2.24, 2.45) is 0 Å². The molecule has 1 heterocycles. The van der Waals surface area contributed by atoms with Crippen molar-refractivity contribution < 1.29 is 23.7 Å². The Hall–Kier alpha value is -0.540. The summed E-state index contributed by atoms with van der Waals surface area (Å²) in [7, 11) is 1.97. The Bertz CT molecular complexity index is 234. The molecular formula is C15H32N2O5. The molecule has 0 aromatic rings. The van der Waals surface area contributed by atoms with Crippen LogP contribution in [0, 0.1) is 0 Å². The van der Waals surface area contributed by atoms with E-state index in [0.717, 1.165) is 26.1 Å². The number of rotatable bonds is 4. The highest BCUT2D eigenvalue weighted by molar-refractivity contribution is 4.47. The fraction of sp³-hybridized carbons (Fsp3) is 0.867. The van der Waals surface area contributed by atoms with Crippen LogP contribution in [0.25, 0.3) is 0 Å². The number of hydrogen-bond acceptors (Lipinski definition) is 7. The molecule has 0 aromatic heterocycles. The summed E-state index contributed by atoms with van der Waals surface area (Å²) in [6, 6.07) is 0. The van der Waals surface area contributed by atoms with Crippen molar-refractivity contribution >= 4 is 0 Å². The molecule has 7 nitrogen and oxygen atoms in total. The molecule has 0 unspecified atom stereocenters. The highest BCUT2D eigenvalue weighted by Gasteiger charge is 2.06. The van der Waals surface area contributed by atoms with Gasteiger partial charge in [-0.3, -0.25) is 9.80 Å². The molecule has 7 heteroatoms. The Balaban J connectivity index is 0.00000211. The van der Waals surface area contributed by atoms with Gasteiger partial charge in [-0.2, -0.15) is 0 Å². The first-order chi connectivity index (χ1) is 10.8. The van der Waals surface area contributed by atoms with Gasteiger partial charge in [-0.15, -0.1) is 13.2 Å². The first kappa shape index (κ1) is 21.5. The van der Waals surface area contributed by atoms with E-state index in [-0.39, 0.29) is 6.79 Å². The molecule has 0 bridgehead atoms. The molecule has 1 saturated heterocycles. The fourth-order valence-electron chi connectivity index (χ4n) is 1.58. The lowest BCUT2D eigenvalue weighted by Crippen LogP contribution is -2.34. The zero-order valence-corrected chi connectivity index (χ0v) is 14.1. The van der Waals surface area contributed by atoms with Crippen LogP contribution in [0.15, 0.2) is 13.2 Å². The molecule has 1 aliphatic heterocycles. The molecular weight excluding hydrogens is 288 g/mol. The van der Waals surface area contributed by atoms with Crippen LogP contribution in [-0.2, 0) is 23.7 Å². The molecule has 0 N–H and O–H groups in total. The molecule has 1 aliphatic rings. The van der Waals surface area contributed by atoms with Gasteiger partial charge in [0.05, 0.1) is 13.2 Å². The van der Waals surface area contributed by atoms with Gasteiger partial charge in [0.15, 0.2) is 0 Å². The summed E-state index contributed by atoms with van der Waals surface area (Å²) in [5.74, 6) is 0. The number of ether oxygens (including phenoxy) is 5. The normalized spacial score (nSPS) is 20.6. The average Bonchev–Trinajstić information content (AvgIpc) is 2.54. The van der Waals surface area contributed by atoms with Crippen LogP contribution in [0.4, 0.5) is 0 Å². The van der Waals surface area contributed by atoms with E-state index in [9.17, 15) is 0 Å². The minimum atomic E-state index is 0.274. The molecule has 1 fully saturated rings. The third-order valence-corrected chi connectivity index (χ3v) is 2.71. The first-order valence-electron chi connectivity index (χ1n) is 7.62. The van der Waals surface area contributed by atoms with E-state index in [1.807, 2.05) is 16.8 Å². The Morgan fingerprint density at radius 3 is 2.32 bits per heavy atom. The monoisotopic (exact) mass is 320 g/mol. The molecule has 0 spiro atoms. The highest BCUT2D eigenvalue weighted by atomic mass is 16.7. The van der Waals surface area contributed by atoms with E-state index in [1.165, 1.54) is 0 Å². The maximum Gasteiger partial charge on any atom is 0.150 e. The molecule has 0 atom stereocenters. The Labute approximate surface area is 134 Å². The van der Waals surface area contributed by atoms with Crippen LogP contribution in [0.3, 0.4) is 0 Å². The van der Waals surface area contributed by atoms with Crippen molar-refractivity contribution in [1.29, 1.82) is 0 Å². The van der Waals surface area contributed by atoms with Crippen molar-refractivity contribution in [2.45, 2.75) is 13.3 Å². The Morgan fingerprint density at radius 1 is 0.955 bits per heavy atom. The van der Waals surface area contributed by atoms with Crippen molar-refractivity contribution in [1.82, 2.24) is 9.80 Å². The lowest BCUT2D eigenvalue weighted by molar-refractivity contribution is -0.142. The second-order valence-electron chi connectivity index (χ2n) is 4.73. The van der Waals surface area contributed by atoms with Crippen molar-refractivity contribution in [3.8, 4) is 0 Å². The third kappa shape index (κ3) is 13.1. The third-order valence-electron chi connectivity index (χ3n) is 2.71. The molecule has 22 heavy (non-hydrogen) atoms. The van der Waals surface area contributed by atoms with E-state index < -0.39 is 0 Å². The van der Waals surface area contributed by atoms with Crippen LogP contribution >= 0.6 is 0 Å². The van der Waals surface area contributed by atoms with Crippen LogP contribution < -0.4 is 0 Å². The maximum absolute atomic E-state index is 5.52. The van der Waals surface area contributed by atoms with Gasteiger partial charge in [0.25, 0.3) is 0 Å². The van der Waals surface area contributed by atoms with E-state index in [0.29, 0.717) is 40.2 Å². The molecule has 132 valence electrons. The molecule has 0 amide bonds. The second kappa shape index (κ2) is 16.8. The Morgan fingerprint density at radius 2 is 1.59 bits per heavy atom. The number of nitrogens with zero attached hydrogens (tertiary/aromatic N) is 2. The number of likely N-dealkylation sites (N-methyl/N-ethyl adjacent to an activating group) is 1. The largest absolute Gasteiger partial charge is 0.366 e. The minimum absolute atomic E-state index is 0.274. The summed E-state index contributed by atoms with van der Waals surface area (Å²) in [6.07, 6.45) is 1.01. The summed E-state index contributed by atoms with van der Waals surface area (Å²) in [6.45, 7) is 13.7. The van der Waals surface area contributed by atoms with Crippen molar-refractivity contribution in [3.63, 3.8) is 0 Å². The van der Waals surface area contributed by atoms with Gasteiger partial charge >= 0.3 is 0 Å². The van der Waals surface area contributed by atoms with Gasteiger partial charge in [-0.05, 0) is 13.5 Å². The van der Waals surface area contributed by atoms with Gasteiger partial charge < -0.3 is 23.7 Å². The maximum atomic E-state index is 5.52. The summed E-state index contributed by atoms with van der Waals surface area (Å²) in [4.78, 5) is 4.06. The zero-order valence-electron chi connectivity index (χ0n) is 14.1. The van der Waals surface area contributed by atoms with Crippen LogP contribution in [0.2, 0.25) is 0 Å². The smallest absolute Gasteiger partial charge is 0.150 e. The predicted octanol–water partition coefficient (Wildman–Crippen LogP) is 1.32. The quantitative estimate of drug-likeness (QED) is 0.572. The van der Waals surface area contributed by atoms with E-state index in [1.54, 1.807) is 0 Å². The predicted molar refractivity (Wildman–Crippen MR) is 85.2 cm³/mol. The topological polar surface area (TPSA) is 52.6 Å². The Kier molecular flexibility index (Phi) is 16.4. The minimum Gasteiger partial charge on any atom is -0.366 e. The summed E-state index contributed by atoms with van der Waals surface area (Å²) >= 11 is 0. The average molecular weight is 320 g/mol. The highest BCUT2D eigenvalue weighted by Crippen LogP contribution is 1.95. The molecule has 0 aromatic carbocycles. The lowest BCUT2D eigenvalue weighted by Gasteiger charge is -2.23. The van der Waals surface area contributed by atoms with Gasteiger partial charge in [-0.1, -0.05) is 6.92 Å². The van der Waals surface area contributed by atoms with Crippen LogP contribution in [0.1, 0.15) is 13.3 Å². The van der Waals surface area contributed by atoms with E-state index in [2.05, 4.69) is 20.1 Å². The van der Waals surface area contributed by atoms with Gasteiger partial charge in [0.1, 0.15) is 33.8 Å². The fourth-order valence-corrected chi connectivity index (χ4v) is 1.58. The standard InChI is InChI=1S/C13H28N2O5.C2H4/c1-3-6-16-10-15-5-8-18-12-17-7-4-14(2)9-19-13-20-11-15;1-2/h3-13H2,1-2H3;1-2H2. The first-order valence-corrected chi connectivity index (χ1v) is 7.62. The van der Waals surface area contributed by atoms with Gasteiger partial charge in [0, 0.05) is 19.7 Å². The summed E-state index contributed by atoms with van der Waals surface area (Å²) in [5, 5.41) is 0. The summed E-state index contributed by atoms with van der Waals surface area (Å²) in [5.41, 5.74) is 0. The van der Waals surface area contributed by atoms with Crippen molar-refractivity contribution in [2.75, 3.05) is 73.7 Å². The zero-order chi connectivity index (χ0) is 16.5. The second-order valence-corrected chi connectivity index (χ2v) is 4.73.